The number of hydrogen-bond donors (Lipinski definition) is 2. The lowest BCUT2D eigenvalue weighted by Gasteiger charge is -2.25. The number of aliphatic hydroxyl groups excluding tert-OH is 1. The highest BCUT2D eigenvalue weighted by atomic mass is 31.1. The summed E-state index contributed by atoms with van der Waals surface area (Å²) >= 11 is 0. The highest BCUT2D eigenvalue weighted by Crippen LogP contribution is 2.29. The van der Waals surface area contributed by atoms with Gasteiger partial charge in [0.1, 0.15) is 17.3 Å². The van der Waals surface area contributed by atoms with Crippen LogP contribution in [-0.4, -0.2) is 23.9 Å². The van der Waals surface area contributed by atoms with E-state index in [-0.39, 0.29) is 19.0 Å². The number of rotatable bonds is 10. The lowest BCUT2D eigenvalue weighted by atomic mass is 9.93. The standard InChI is InChI=1S/C24H27FNO4P/c1-17-2-8-20(9-3-17)30-21-10-11-22(23(25)14-21)19-6-4-18(5-7-19)12-13-24(26,15-27)16-29-31-28/h2-11,14,27H,12-13,15-16,26,31H2,1H3. The molecule has 0 spiro atoms. The van der Waals surface area contributed by atoms with E-state index in [9.17, 15) is 14.1 Å². The van der Waals surface area contributed by atoms with Gasteiger partial charge in [-0.1, -0.05) is 42.0 Å². The van der Waals surface area contributed by atoms with Gasteiger partial charge in [-0.3, -0.25) is 4.57 Å². The first-order chi connectivity index (χ1) is 14.9. The number of halogens is 1. The topological polar surface area (TPSA) is 81.8 Å². The van der Waals surface area contributed by atoms with Crippen LogP contribution in [0.2, 0.25) is 0 Å². The third kappa shape index (κ3) is 6.49. The monoisotopic (exact) mass is 443 g/mol. The third-order valence-corrected chi connectivity index (χ3v) is 5.43. The fraction of sp³-hybridized carbons (Fsp3) is 0.250. The van der Waals surface area contributed by atoms with Crippen molar-refractivity contribution in [2.24, 2.45) is 5.73 Å². The van der Waals surface area contributed by atoms with Crippen molar-refractivity contribution >= 4 is 8.69 Å². The van der Waals surface area contributed by atoms with Gasteiger partial charge in [-0.2, -0.15) is 0 Å². The largest absolute Gasteiger partial charge is 0.457 e. The molecule has 7 heteroatoms. The Morgan fingerprint density at radius 1 is 1.03 bits per heavy atom. The van der Waals surface area contributed by atoms with Crippen LogP contribution in [0.25, 0.3) is 11.1 Å². The van der Waals surface area contributed by atoms with E-state index in [1.54, 1.807) is 12.1 Å². The zero-order valence-corrected chi connectivity index (χ0v) is 18.5. The molecule has 0 saturated heterocycles. The van der Waals surface area contributed by atoms with Crippen LogP contribution in [0.5, 0.6) is 11.5 Å². The van der Waals surface area contributed by atoms with E-state index in [1.807, 2.05) is 55.5 Å². The maximum Gasteiger partial charge on any atom is 0.180 e. The Balaban J connectivity index is 1.66. The fourth-order valence-electron chi connectivity index (χ4n) is 3.18. The van der Waals surface area contributed by atoms with Crippen LogP contribution in [0.4, 0.5) is 4.39 Å². The minimum Gasteiger partial charge on any atom is -0.457 e. The highest BCUT2D eigenvalue weighted by molar-refractivity contribution is 7.17. The maximum atomic E-state index is 14.7. The van der Waals surface area contributed by atoms with Gasteiger partial charge < -0.3 is 20.1 Å². The lowest BCUT2D eigenvalue weighted by molar-refractivity contribution is 0.133. The summed E-state index contributed by atoms with van der Waals surface area (Å²) in [5.74, 6) is 0.728. The van der Waals surface area contributed by atoms with E-state index in [4.69, 9.17) is 15.0 Å². The maximum absolute atomic E-state index is 14.7. The van der Waals surface area contributed by atoms with Crippen LogP contribution in [0, 0.1) is 12.7 Å². The van der Waals surface area contributed by atoms with Crippen molar-refractivity contribution in [3.8, 4) is 22.6 Å². The Bertz CT molecular complexity index is 1010. The number of nitrogens with two attached hydrogens (primary N) is 1. The second kappa shape index (κ2) is 10.7. The summed E-state index contributed by atoms with van der Waals surface area (Å²) in [4.78, 5) is 0. The van der Waals surface area contributed by atoms with E-state index in [1.165, 1.54) is 6.07 Å². The van der Waals surface area contributed by atoms with Crippen LogP contribution >= 0.6 is 8.69 Å². The molecule has 0 radical (unpaired) electrons. The van der Waals surface area contributed by atoms with Crippen LogP contribution in [0.15, 0.2) is 66.7 Å². The van der Waals surface area contributed by atoms with Gasteiger partial charge in [-0.15, -0.1) is 0 Å². The Kier molecular flexibility index (Phi) is 7.99. The first-order valence-corrected chi connectivity index (χ1v) is 11.0. The summed E-state index contributed by atoms with van der Waals surface area (Å²) in [6.07, 6.45) is 1.09. The molecule has 164 valence electrons. The second-order valence-corrected chi connectivity index (χ2v) is 8.21. The van der Waals surface area contributed by atoms with Crippen molar-refractivity contribution in [1.29, 1.82) is 0 Å². The van der Waals surface area contributed by atoms with Gasteiger partial charge in [-0.05, 0) is 55.2 Å². The smallest absolute Gasteiger partial charge is 0.180 e. The predicted octanol–water partition coefficient (Wildman–Crippen LogP) is 4.90. The molecule has 0 aliphatic heterocycles. The summed E-state index contributed by atoms with van der Waals surface area (Å²) in [6, 6.07) is 19.9. The van der Waals surface area contributed by atoms with E-state index < -0.39 is 14.2 Å². The minimum atomic E-state index is -1.36. The van der Waals surface area contributed by atoms with Gasteiger partial charge in [0.25, 0.3) is 0 Å². The van der Waals surface area contributed by atoms with Crippen molar-refractivity contribution in [2.45, 2.75) is 25.3 Å². The molecule has 0 aliphatic rings. The van der Waals surface area contributed by atoms with Crippen LogP contribution in [0.1, 0.15) is 17.5 Å². The molecule has 0 saturated carbocycles. The first kappa shape index (κ1) is 23.2. The lowest BCUT2D eigenvalue weighted by Crippen LogP contribution is -2.47. The van der Waals surface area contributed by atoms with Crippen molar-refractivity contribution in [2.75, 3.05) is 13.2 Å². The van der Waals surface area contributed by atoms with E-state index in [0.717, 1.165) is 16.7 Å². The number of ether oxygens (including phenoxy) is 1. The molecule has 0 fully saturated rings. The molecule has 0 bridgehead atoms. The molecule has 0 amide bonds. The second-order valence-electron chi connectivity index (χ2n) is 7.68. The van der Waals surface area contributed by atoms with E-state index >= 15 is 0 Å². The van der Waals surface area contributed by atoms with Gasteiger partial charge in [0, 0.05) is 11.6 Å². The normalized spacial score (nSPS) is 13.4. The van der Waals surface area contributed by atoms with Gasteiger partial charge in [-0.25, -0.2) is 4.39 Å². The van der Waals surface area contributed by atoms with Crippen LogP contribution in [0.3, 0.4) is 0 Å². The molecule has 3 N–H and O–H groups in total. The molecule has 2 unspecified atom stereocenters. The number of aryl methyl sites for hydroxylation is 2. The molecular weight excluding hydrogens is 416 g/mol. The van der Waals surface area contributed by atoms with Gasteiger partial charge in [0.2, 0.25) is 0 Å². The van der Waals surface area contributed by atoms with Crippen molar-refractivity contribution in [3.05, 3.63) is 83.7 Å². The van der Waals surface area contributed by atoms with Gasteiger partial charge >= 0.3 is 0 Å². The highest BCUT2D eigenvalue weighted by Gasteiger charge is 2.24. The molecule has 0 aromatic heterocycles. The van der Waals surface area contributed by atoms with Crippen molar-refractivity contribution < 1.29 is 23.3 Å². The molecule has 31 heavy (non-hydrogen) atoms. The zero-order chi connectivity index (χ0) is 22.3. The summed E-state index contributed by atoms with van der Waals surface area (Å²) in [7, 11) is -1.36. The fourth-order valence-corrected chi connectivity index (χ4v) is 3.58. The number of benzene rings is 3. The van der Waals surface area contributed by atoms with Crippen molar-refractivity contribution in [1.82, 2.24) is 0 Å². The van der Waals surface area contributed by atoms with Gasteiger partial charge in [0.15, 0.2) is 8.69 Å². The third-order valence-electron chi connectivity index (χ3n) is 5.13. The molecule has 2 atom stereocenters. The Hall–Kier alpha value is -2.50. The van der Waals surface area contributed by atoms with Crippen LogP contribution < -0.4 is 10.5 Å². The average molecular weight is 443 g/mol. The summed E-state index contributed by atoms with van der Waals surface area (Å²) in [5, 5.41) is 9.49. The molecule has 3 aromatic rings. The molecule has 5 nitrogen and oxygen atoms in total. The van der Waals surface area contributed by atoms with Crippen molar-refractivity contribution in [3.63, 3.8) is 0 Å². The Morgan fingerprint density at radius 2 is 1.71 bits per heavy atom. The molecule has 0 aliphatic carbocycles. The average Bonchev–Trinajstić information content (AvgIpc) is 2.78. The molecule has 3 rings (SSSR count). The van der Waals surface area contributed by atoms with Crippen LogP contribution in [-0.2, 0) is 15.5 Å². The zero-order valence-electron chi connectivity index (χ0n) is 17.4. The summed E-state index contributed by atoms with van der Waals surface area (Å²) in [6.45, 7) is 1.78. The summed E-state index contributed by atoms with van der Waals surface area (Å²) < 4.78 is 35.9. The van der Waals surface area contributed by atoms with E-state index in [0.29, 0.717) is 29.9 Å². The minimum absolute atomic E-state index is 0.0443. The Morgan fingerprint density at radius 3 is 2.32 bits per heavy atom. The quantitative estimate of drug-likeness (QED) is 0.436. The molecule has 3 aromatic carbocycles. The number of aliphatic hydroxyl groups is 1. The molecule has 0 heterocycles. The predicted molar refractivity (Wildman–Crippen MR) is 122 cm³/mol. The molecular formula is C24H27FNO4P. The van der Waals surface area contributed by atoms with Gasteiger partial charge in [0.05, 0.1) is 18.8 Å². The first-order valence-electron chi connectivity index (χ1n) is 10.0. The number of hydrogen-bond acceptors (Lipinski definition) is 5. The SMILES string of the molecule is Cc1ccc(Oc2ccc(-c3ccc(CCC(N)(CO)CO[PH2]=O)cc3)c(F)c2)cc1. The van der Waals surface area contributed by atoms with E-state index in [2.05, 4.69) is 0 Å². The Labute approximate surface area is 182 Å². The summed E-state index contributed by atoms with van der Waals surface area (Å²) in [5.41, 5.74) is 8.52.